The summed E-state index contributed by atoms with van der Waals surface area (Å²) in [5.41, 5.74) is 2.10. The Kier molecular flexibility index (Phi) is 6.68. The van der Waals surface area contributed by atoms with Crippen LogP contribution in [0.2, 0.25) is 0 Å². The minimum atomic E-state index is 0.563. The van der Waals surface area contributed by atoms with Gasteiger partial charge in [0, 0.05) is 16.7 Å². The number of ether oxygens (including phenoxy) is 1. The van der Waals surface area contributed by atoms with Crippen molar-refractivity contribution in [2.75, 3.05) is 7.11 Å². The largest absolute Gasteiger partial charge is 0.496 e. The molecule has 0 saturated heterocycles. The molecule has 0 aliphatic heterocycles. The van der Waals surface area contributed by atoms with Gasteiger partial charge in [-0.15, -0.1) is 21.5 Å². The zero-order valence-electron chi connectivity index (χ0n) is 15.3. The summed E-state index contributed by atoms with van der Waals surface area (Å²) in [6.07, 6.45) is 2.79. The summed E-state index contributed by atoms with van der Waals surface area (Å²) in [6.45, 7) is 4.48. The topological polar surface area (TPSA) is 61.0 Å². The first-order valence-corrected chi connectivity index (χ1v) is 10.5. The van der Waals surface area contributed by atoms with Gasteiger partial charge in [-0.05, 0) is 24.8 Å². The lowest BCUT2D eigenvalue weighted by Gasteiger charge is -2.05. The molecular formula is C19H23N3O2S2. The van der Waals surface area contributed by atoms with E-state index in [-0.39, 0.29) is 0 Å². The molecule has 0 bridgehead atoms. The van der Waals surface area contributed by atoms with Gasteiger partial charge in [-0.1, -0.05) is 43.8 Å². The molecule has 0 N–H and O–H groups in total. The highest BCUT2D eigenvalue weighted by Crippen LogP contribution is 2.25. The molecule has 0 unspecified atom stereocenters. The minimum Gasteiger partial charge on any atom is -0.496 e. The summed E-state index contributed by atoms with van der Waals surface area (Å²) in [5, 5.41) is 12.2. The maximum absolute atomic E-state index is 5.76. The molecular weight excluding hydrogens is 366 g/mol. The number of methoxy groups -OCH3 is 1. The van der Waals surface area contributed by atoms with Gasteiger partial charge in [-0.25, -0.2) is 4.98 Å². The first-order chi connectivity index (χ1) is 12.6. The van der Waals surface area contributed by atoms with Crippen molar-refractivity contribution in [1.29, 1.82) is 0 Å². The highest BCUT2D eigenvalue weighted by molar-refractivity contribution is 7.98. The van der Waals surface area contributed by atoms with Crippen LogP contribution < -0.4 is 4.74 Å². The number of aryl methyl sites for hydroxylation is 1. The Hall–Kier alpha value is -1.86. The van der Waals surface area contributed by atoms with Crippen molar-refractivity contribution in [3.8, 4) is 5.75 Å². The molecule has 0 radical (unpaired) electrons. The molecule has 0 fully saturated rings. The third-order valence-electron chi connectivity index (χ3n) is 3.86. The Labute approximate surface area is 162 Å². The van der Waals surface area contributed by atoms with Crippen LogP contribution in [0.5, 0.6) is 5.75 Å². The van der Waals surface area contributed by atoms with Gasteiger partial charge in [0.05, 0.1) is 24.2 Å². The molecule has 3 aromatic rings. The highest BCUT2D eigenvalue weighted by Gasteiger charge is 2.11. The summed E-state index contributed by atoms with van der Waals surface area (Å²) >= 11 is 3.26. The second-order valence-corrected chi connectivity index (χ2v) is 8.27. The SMILES string of the molecule is COc1ccccc1Cc1nnc(SCc2csc(CCC(C)C)n2)o1. The molecule has 5 nitrogen and oxygen atoms in total. The number of benzene rings is 1. The van der Waals surface area contributed by atoms with Crippen molar-refractivity contribution in [1.82, 2.24) is 15.2 Å². The maximum Gasteiger partial charge on any atom is 0.276 e. The van der Waals surface area contributed by atoms with Crippen LogP contribution >= 0.6 is 23.1 Å². The van der Waals surface area contributed by atoms with Crippen molar-refractivity contribution < 1.29 is 9.15 Å². The molecule has 26 heavy (non-hydrogen) atoms. The van der Waals surface area contributed by atoms with Gasteiger partial charge in [0.25, 0.3) is 5.22 Å². The fraction of sp³-hybridized carbons (Fsp3) is 0.421. The van der Waals surface area contributed by atoms with E-state index in [0.717, 1.165) is 29.2 Å². The van der Waals surface area contributed by atoms with E-state index in [4.69, 9.17) is 9.15 Å². The Morgan fingerprint density at radius 3 is 2.88 bits per heavy atom. The Morgan fingerprint density at radius 2 is 2.08 bits per heavy atom. The van der Waals surface area contributed by atoms with E-state index >= 15 is 0 Å². The number of rotatable bonds is 9. The van der Waals surface area contributed by atoms with Crippen LogP contribution in [-0.4, -0.2) is 22.3 Å². The monoisotopic (exact) mass is 389 g/mol. The number of aromatic nitrogens is 3. The normalized spacial score (nSPS) is 11.2. The first-order valence-electron chi connectivity index (χ1n) is 8.64. The number of nitrogens with zero attached hydrogens (tertiary/aromatic N) is 3. The van der Waals surface area contributed by atoms with Crippen LogP contribution in [0, 0.1) is 5.92 Å². The predicted molar refractivity (Wildman–Crippen MR) is 105 cm³/mol. The van der Waals surface area contributed by atoms with E-state index in [1.807, 2.05) is 24.3 Å². The molecule has 0 aliphatic carbocycles. The van der Waals surface area contributed by atoms with Crippen molar-refractivity contribution in [2.24, 2.45) is 5.92 Å². The maximum atomic E-state index is 5.76. The first kappa shape index (κ1) is 18.9. The zero-order chi connectivity index (χ0) is 18.4. The average molecular weight is 390 g/mol. The van der Waals surface area contributed by atoms with Gasteiger partial charge in [0.15, 0.2) is 0 Å². The molecule has 0 saturated carbocycles. The van der Waals surface area contributed by atoms with Crippen LogP contribution in [0.25, 0.3) is 0 Å². The average Bonchev–Trinajstić information content (AvgIpc) is 3.28. The number of para-hydroxylation sites is 1. The van der Waals surface area contributed by atoms with Crippen LogP contribution in [0.4, 0.5) is 0 Å². The van der Waals surface area contributed by atoms with Crippen LogP contribution in [-0.2, 0) is 18.6 Å². The lowest BCUT2D eigenvalue weighted by atomic mass is 10.1. The van der Waals surface area contributed by atoms with E-state index in [2.05, 4.69) is 34.4 Å². The van der Waals surface area contributed by atoms with Gasteiger partial charge in [-0.2, -0.15) is 0 Å². The highest BCUT2D eigenvalue weighted by atomic mass is 32.2. The van der Waals surface area contributed by atoms with Crippen LogP contribution in [0.1, 0.15) is 42.4 Å². The van der Waals surface area contributed by atoms with Crippen molar-refractivity contribution in [3.63, 3.8) is 0 Å². The van der Waals surface area contributed by atoms with E-state index < -0.39 is 0 Å². The number of thioether (sulfide) groups is 1. The van der Waals surface area contributed by atoms with Crippen LogP contribution in [0.15, 0.2) is 39.3 Å². The Bertz CT molecular complexity index is 830. The molecule has 2 aromatic heterocycles. The molecule has 1 aromatic carbocycles. The molecule has 2 heterocycles. The van der Waals surface area contributed by atoms with Gasteiger partial charge in [-0.3, -0.25) is 0 Å². The molecule has 0 spiro atoms. The lowest BCUT2D eigenvalue weighted by molar-refractivity contribution is 0.400. The van der Waals surface area contributed by atoms with Crippen molar-refractivity contribution >= 4 is 23.1 Å². The second kappa shape index (κ2) is 9.19. The molecule has 3 rings (SSSR count). The van der Waals surface area contributed by atoms with E-state index in [1.54, 1.807) is 18.4 Å². The quantitative estimate of drug-likeness (QED) is 0.480. The number of thiazole rings is 1. The van der Waals surface area contributed by atoms with E-state index in [0.29, 0.717) is 23.5 Å². The molecule has 138 valence electrons. The summed E-state index contributed by atoms with van der Waals surface area (Å²) in [6, 6.07) is 7.86. The van der Waals surface area contributed by atoms with E-state index in [9.17, 15) is 0 Å². The third kappa shape index (κ3) is 5.32. The standard InChI is InChI=1S/C19H23N3O2S2/c1-13(2)8-9-18-20-15(11-25-18)12-26-19-22-21-17(24-19)10-14-6-4-5-7-16(14)23-3/h4-7,11,13H,8-10,12H2,1-3H3. The number of hydrogen-bond donors (Lipinski definition) is 0. The Morgan fingerprint density at radius 1 is 1.23 bits per heavy atom. The summed E-state index contributed by atoms with van der Waals surface area (Å²) in [5.74, 6) is 2.87. The zero-order valence-corrected chi connectivity index (χ0v) is 16.9. The molecule has 0 atom stereocenters. The molecule has 7 heteroatoms. The van der Waals surface area contributed by atoms with Gasteiger partial charge >= 0.3 is 0 Å². The van der Waals surface area contributed by atoms with Gasteiger partial charge in [0.2, 0.25) is 5.89 Å². The fourth-order valence-corrected chi connectivity index (χ4v) is 4.05. The van der Waals surface area contributed by atoms with E-state index in [1.165, 1.54) is 23.2 Å². The molecule has 0 amide bonds. The van der Waals surface area contributed by atoms with Gasteiger partial charge < -0.3 is 9.15 Å². The smallest absolute Gasteiger partial charge is 0.276 e. The van der Waals surface area contributed by atoms with Crippen LogP contribution in [0.3, 0.4) is 0 Å². The lowest BCUT2D eigenvalue weighted by Crippen LogP contribution is -1.93. The Balaban J connectivity index is 1.54. The summed E-state index contributed by atoms with van der Waals surface area (Å²) < 4.78 is 11.1. The fourth-order valence-electron chi connectivity index (χ4n) is 2.46. The summed E-state index contributed by atoms with van der Waals surface area (Å²) in [7, 11) is 1.66. The number of hydrogen-bond acceptors (Lipinski definition) is 7. The predicted octanol–water partition coefficient (Wildman–Crippen LogP) is 5.01. The van der Waals surface area contributed by atoms with Crippen molar-refractivity contribution in [2.45, 2.75) is 44.1 Å². The van der Waals surface area contributed by atoms with Crippen molar-refractivity contribution in [3.05, 3.63) is 51.8 Å². The second-order valence-electron chi connectivity index (χ2n) is 6.40. The van der Waals surface area contributed by atoms with Gasteiger partial charge in [0.1, 0.15) is 5.75 Å². The molecule has 0 aliphatic rings. The minimum absolute atomic E-state index is 0.563. The third-order valence-corrected chi connectivity index (χ3v) is 5.67. The summed E-state index contributed by atoms with van der Waals surface area (Å²) in [4.78, 5) is 4.69.